The van der Waals surface area contributed by atoms with Crippen LogP contribution in [0.25, 0.3) is 0 Å². The molecule has 0 aliphatic carbocycles. The van der Waals surface area contributed by atoms with Gasteiger partial charge in [0, 0.05) is 0 Å². The molecule has 0 fully saturated rings. The summed E-state index contributed by atoms with van der Waals surface area (Å²) in [5.74, 6) is 0.383. The second kappa shape index (κ2) is 9.07. The van der Waals surface area contributed by atoms with Crippen LogP contribution in [-0.2, 0) is 22.6 Å². The van der Waals surface area contributed by atoms with E-state index >= 15 is 0 Å². The summed E-state index contributed by atoms with van der Waals surface area (Å²) in [6.07, 6.45) is 0.450. The highest BCUT2D eigenvalue weighted by atomic mass is 35.5. The van der Waals surface area contributed by atoms with E-state index in [4.69, 9.17) is 10.5 Å². The zero-order valence-electron chi connectivity index (χ0n) is 12.4. The number of nitrogens with two attached hydrogens (primary N) is 1. The fourth-order valence-corrected chi connectivity index (χ4v) is 1.95. The van der Waals surface area contributed by atoms with Crippen LogP contribution in [0.1, 0.15) is 11.1 Å². The number of rotatable bonds is 6. The minimum absolute atomic E-state index is 0. The number of hydrogen-bond acceptors (Lipinski definition) is 4. The number of esters is 1. The Morgan fingerprint density at radius 1 is 1.05 bits per heavy atom. The van der Waals surface area contributed by atoms with Gasteiger partial charge in [0.05, 0.1) is 7.11 Å². The Labute approximate surface area is 136 Å². The van der Waals surface area contributed by atoms with Crippen LogP contribution in [0.2, 0.25) is 0 Å². The molecule has 0 saturated heterocycles. The molecule has 0 aliphatic rings. The third-order valence-electron chi connectivity index (χ3n) is 3.13. The first-order valence-electron chi connectivity index (χ1n) is 6.78. The van der Waals surface area contributed by atoms with Crippen molar-refractivity contribution in [2.75, 3.05) is 7.11 Å². The molecule has 118 valence electrons. The van der Waals surface area contributed by atoms with Crippen molar-refractivity contribution in [2.24, 2.45) is 5.73 Å². The SMILES string of the molecule is COC(=O)C(N)Cc1ccc(OCc2ccccc2)cc1.Cl. The summed E-state index contributed by atoms with van der Waals surface area (Å²) in [6.45, 7) is 0.530. The van der Waals surface area contributed by atoms with Crippen LogP contribution in [0.15, 0.2) is 54.6 Å². The maximum atomic E-state index is 11.3. The maximum Gasteiger partial charge on any atom is 0.322 e. The Hall–Kier alpha value is -2.04. The molecular weight excluding hydrogens is 302 g/mol. The zero-order chi connectivity index (χ0) is 15.1. The lowest BCUT2D eigenvalue weighted by Gasteiger charge is -2.10. The van der Waals surface area contributed by atoms with Gasteiger partial charge in [0.25, 0.3) is 0 Å². The number of benzene rings is 2. The van der Waals surface area contributed by atoms with Gasteiger partial charge in [-0.05, 0) is 29.7 Å². The minimum atomic E-state index is -0.633. The summed E-state index contributed by atoms with van der Waals surface area (Å²) < 4.78 is 10.3. The Balaban J connectivity index is 0.00000242. The zero-order valence-corrected chi connectivity index (χ0v) is 13.2. The third-order valence-corrected chi connectivity index (χ3v) is 3.13. The standard InChI is InChI=1S/C17H19NO3.ClH/c1-20-17(19)16(18)11-13-7-9-15(10-8-13)21-12-14-5-3-2-4-6-14;/h2-10,16H,11-12,18H2,1H3;1H. The summed E-state index contributed by atoms with van der Waals surface area (Å²) in [4.78, 5) is 11.3. The number of halogens is 1. The Bertz CT molecular complexity index is 572. The van der Waals surface area contributed by atoms with Crippen molar-refractivity contribution < 1.29 is 14.3 Å². The van der Waals surface area contributed by atoms with Crippen LogP contribution in [-0.4, -0.2) is 19.1 Å². The normalized spacial score (nSPS) is 11.2. The lowest BCUT2D eigenvalue weighted by atomic mass is 10.1. The molecule has 0 aromatic heterocycles. The number of hydrogen-bond donors (Lipinski definition) is 1. The number of ether oxygens (including phenoxy) is 2. The number of methoxy groups -OCH3 is 1. The molecule has 2 rings (SSSR count). The summed E-state index contributed by atoms with van der Waals surface area (Å²) in [5, 5.41) is 0. The molecule has 1 atom stereocenters. The molecule has 1 unspecified atom stereocenters. The van der Waals surface area contributed by atoms with E-state index in [1.807, 2.05) is 54.6 Å². The quantitative estimate of drug-likeness (QED) is 0.831. The van der Waals surface area contributed by atoms with Crippen molar-refractivity contribution in [3.63, 3.8) is 0 Å². The van der Waals surface area contributed by atoms with Crippen molar-refractivity contribution in [3.05, 3.63) is 65.7 Å². The van der Waals surface area contributed by atoms with Crippen LogP contribution in [0, 0.1) is 0 Å². The highest BCUT2D eigenvalue weighted by molar-refractivity contribution is 5.85. The van der Waals surface area contributed by atoms with E-state index in [1.165, 1.54) is 7.11 Å². The predicted molar refractivity (Wildman–Crippen MR) is 88.2 cm³/mol. The van der Waals surface area contributed by atoms with Crippen LogP contribution in [0.5, 0.6) is 5.75 Å². The van der Waals surface area contributed by atoms with Crippen LogP contribution >= 0.6 is 12.4 Å². The molecule has 0 saturated carbocycles. The maximum absolute atomic E-state index is 11.3. The molecule has 0 heterocycles. The lowest BCUT2D eigenvalue weighted by Crippen LogP contribution is -2.33. The molecule has 0 spiro atoms. The van der Waals surface area contributed by atoms with Crippen molar-refractivity contribution >= 4 is 18.4 Å². The second-order valence-corrected chi connectivity index (χ2v) is 4.75. The number of carbonyl (C=O) groups excluding carboxylic acids is 1. The second-order valence-electron chi connectivity index (χ2n) is 4.75. The van der Waals surface area contributed by atoms with Gasteiger partial charge in [-0.2, -0.15) is 0 Å². The topological polar surface area (TPSA) is 61.5 Å². The molecule has 0 aliphatic heterocycles. The van der Waals surface area contributed by atoms with Crippen LogP contribution in [0.3, 0.4) is 0 Å². The van der Waals surface area contributed by atoms with Gasteiger partial charge in [0.1, 0.15) is 18.4 Å². The van der Waals surface area contributed by atoms with E-state index in [1.54, 1.807) is 0 Å². The Morgan fingerprint density at radius 3 is 2.27 bits per heavy atom. The first kappa shape index (κ1) is 18.0. The van der Waals surface area contributed by atoms with Gasteiger partial charge in [0.15, 0.2) is 0 Å². The molecule has 2 N–H and O–H groups in total. The van der Waals surface area contributed by atoms with Crippen LogP contribution in [0.4, 0.5) is 0 Å². The third kappa shape index (κ3) is 5.39. The molecule has 2 aromatic carbocycles. The number of carbonyl (C=O) groups is 1. The predicted octanol–water partition coefficient (Wildman–Crippen LogP) is 2.73. The van der Waals surface area contributed by atoms with Crippen molar-refractivity contribution in [1.82, 2.24) is 0 Å². The van der Waals surface area contributed by atoms with Gasteiger partial charge in [0.2, 0.25) is 0 Å². The highest BCUT2D eigenvalue weighted by Gasteiger charge is 2.13. The molecular formula is C17H20ClNO3. The minimum Gasteiger partial charge on any atom is -0.489 e. The van der Waals surface area contributed by atoms with E-state index in [2.05, 4.69) is 4.74 Å². The molecule has 0 radical (unpaired) electrons. The smallest absolute Gasteiger partial charge is 0.322 e. The molecule has 0 bridgehead atoms. The van der Waals surface area contributed by atoms with Crippen LogP contribution < -0.4 is 10.5 Å². The van der Waals surface area contributed by atoms with E-state index in [0.717, 1.165) is 16.9 Å². The van der Waals surface area contributed by atoms with E-state index in [-0.39, 0.29) is 12.4 Å². The fraction of sp³-hybridized carbons (Fsp3) is 0.235. The van der Waals surface area contributed by atoms with Crippen molar-refractivity contribution in [3.8, 4) is 5.75 Å². The molecule has 0 amide bonds. The fourth-order valence-electron chi connectivity index (χ4n) is 1.95. The van der Waals surface area contributed by atoms with E-state index in [9.17, 15) is 4.79 Å². The first-order valence-corrected chi connectivity index (χ1v) is 6.78. The molecule has 4 nitrogen and oxygen atoms in total. The Kier molecular flexibility index (Phi) is 7.43. The van der Waals surface area contributed by atoms with Gasteiger partial charge in [-0.1, -0.05) is 42.5 Å². The molecule has 5 heteroatoms. The largest absolute Gasteiger partial charge is 0.489 e. The lowest BCUT2D eigenvalue weighted by molar-refractivity contribution is -0.142. The Morgan fingerprint density at radius 2 is 1.68 bits per heavy atom. The van der Waals surface area contributed by atoms with Gasteiger partial charge in [-0.15, -0.1) is 12.4 Å². The van der Waals surface area contributed by atoms with Gasteiger partial charge in [-0.25, -0.2) is 0 Å². The highest BCUT2D eigenvalue weighted by Crippen LogP contribution is 2.15. The summed E-state index contributed by atoms with van der Waals surface area (Å²) in [5.41, 5.74) is 7.82. The molecule has 22 heavy (non-hydrogen) atoms. The summed E-state index contributed by atoms with van der Waals surface area (Å²) in [6, 6.07) is 16.9. The first-order chi connectivity index (χ1) is 10.2. The average Bonchev–Trinajstić information content (AvgIpc) is 2.54. The van der Waals surface area contributed by atoms with E-state index in [0.29, 0.717) is 13.0 Å². The summed E-state index contributed by atoms with van der Waals surface area (Å²) >= 11 is 0. The van der Waals surface area contributed by atoms with Gasteiger partial charge >= 0.3 is 5.97 Å². The van der Waals surface area contributed by atoms with E-state index < -0.39 is 12.0 Å². The molecule has 2 aromatic rings. The monoisotopic (exact) mass is 321 g/mol. The van der Waals surface area contributed by atoms with Gasteiger partial charge < -0.3 is 15.2 Å². The average molecular weight is 322 g/mol. The van der Waals surface area contributed by atoms with Crippen molar-refractivity contribution in [2.45, 2.75) is 19.1 Å². The van der Waals surface area contributed by atoms with Gasteiger partial charge in [-0.3, -0.25) is 4.79 Å². The summed E-state index contributed by atoms with van der Waals surface area (Å²) in [7, 11) is 1.34. The van der Waals surface area contributed by atoms with Crippen molar-refractivity contribution in [1.29, 1.82) is 0 Å².